The van der Waals surface area contributed by atoms with Crippen molar-refractivity contribution in [2.75, 3.05) is 6.54 Å². The summed E-state index contributed by atoms with van der Waals surface area (Å²) >= 11 is 0. The topological polar surface area (TPSA) is 49.3 Å². The number of nitrogens with one attached hydrogen (secondary N) is 1. The first kappa shape index (κ1) is 25.0. The number of hydrogen-bond donors (Lipinski definition) is 2. The molecule has 26 heavy (non-hydrogen) atoms. The minimum absolute atomic E-state index is 0.282. The Hall–Kier alpha value is -0.990. The average molecular weight is 368 g/mol. The van der Waals surface area contributed by atoms with Gasteiger partial charge < -0.3 is 10.4 Å². The third-order valence-corrected chi connectivity index (χ3v) is 4.92. The number of carbonyl (C=O) groups is 1. The number of rotatable bonds is 21. The second-order valence-electron chi connectivity index (χ2n) is 7.59. The van der Waals surface area contributed by atoms with Gasteiger partial charge in [0.15, 0.2) is 0 Å². The normalized spacial score (nSPS) is 11.3. The zero-order chi connectivity index (χ0) is 19.1. The van der Waals surface area contributed by atoms with Crippen LogP contribution < -0.4 is 5.32 Å². The molecule has 0 aromatic heterocycles. The molecule has 3 heteroatoms. The summed E-state index contributed by atoms with van der Waals surface area (Å²) in [6, 6.07) is 0. The summed E-state index contributed by atoms with van der Waals surface area (Å²) in [6.45, 7) is 3.16. The fraction of sp³-hybridized carbons (Fsp3) is 0.870. The van der Waals surface area contributed by atoms with Gasteiger partial charge in [-0.05, 0) is 31.9 Å². The summed E-state index contributed by atoms with van der Waals surface area (Å²) in [5.41, 5.74) is 0. The quantitative estimate of drug-likeness (QED) is 0.211. The van der Waals surface area contributed by atoms with Gasteiger partial charge in [0.25, 0.3) is 0 Å². The SMILES string of the molecule is CCCCCCCCCCCCCCCC/C=C/NCCCCC(=O)O. The summed E-state index contributed by atoms with van der Waals surface area (Å²) < 4.78 is 0. The highest BCUT2D eigenvalue weighted by atomic mass is 16.4. The predicted molar refractivity (Wildman–Crippen MR) is 114 cm³/mol. The standard InChI is InChI=1S/C23H45NO2/c1-2-3-4-5-6-7-8-9-10-11-12-13-14-15-16-18-21-24-22-19-17-20-23(25)26/h18,21,24H,2-17,19-20,22H2,1H3,(H,25,26)/b21-18+. The lowest BCUT2D eigenvalue weighted by Crippen LogP contribution is -2.07. The van der Waals surface area contributed by atoms with E-state index in [-0.39, 0.29) is 6.42 Å². The maximum absolute atomic E-state index is 10.4. The summed E-state index contributed by atoms with van der Waals surface area (Å²) in [4.78, 5) is 10.4. The van der Waals surface area contributed by atoms with Gasteiger partial charge >= 0.3 is 5.97 Å². The van der Waals surface area contributed by atoms with Crippen molar-refractivity contribution < 1.29 is 9.90 Å². The van der Waals surface area contributed by atoms with Crippen molar-refractivity contribution in [3.05, 3.63) is 12.3 Å². The van der Waals surface area contributed by atoms with E-state index in [9.17, 15) is 4.79 Å². The highest BCUT2D eigenvalue weighted by molar-refractivity contribution is 5.66. The van der Waals surface area contributed by atoms with Crippen LogP contribution in [0.5, 0.6) is 0 Å². The van der Waals surface area contributed by atoms with Crippen molar-refractivity contribution in [1.29, 1.82) is 0 Å². The molecule has 0 spiro atoms. The van der Waals surface area contributed by atoms with E-state index >= 15 is 0 Å². The molecular formula is C23H45NO2. The lowest BCUT2D eigenvalue weighted by atomic mass is 10.0. The van der Waals surface area contributed by atoms with Crippen molar-refractivity contribution in [3.63, 3.8) is 0 Å². The third-order valence-electron chi connectivity index (χ3n) is 4.92. The van der Waals surface area contributed by atoms with E-state index in [2.05, 4.69) is 18.3 Å². The molecule has 0 saturated heterocycles. The van der Waals surface area contributed by atoms with Crippen molar-refractivity contribution in [2.24, 2.45) is 0 Å². The minimum atomic E-state index is -0.696. The van der Waals surface area contributed by atoms with Crippen LogP contribution in [0.15, 0.2) is 12.3 Å². The monoisotopic (exact) mass is 367 g/mol. The molecule has 0 aromatic rings. The minimum Gasteiger partial charge on any atom is -0.481 e. The molecule has 0 saturated carbocycles. The molecule has 0 unspecified atom stereocenters. The predicted octanol–water partition coefficient (Wildman–Crippen LogP) is 7.22. The first-order valence-corrected chi connectivity index (χ1v) is 11.4. The van der Waals surface area contributed by atoms with Crippen molar-refractivity contribution in [3.8, 4) is 0 Å². The Bertz CT molecular complexity index is 315. The van der Waals surface area contributed by atoms with Crippen LogP contribution in [0.1, 0.15) is 122 Å². The number of aliphatic carboxylic acids is 1. The molecule has 0 amide bonds. The number of unbranched alkanes of at least 4 members (excludes halogenated alkanes) is 15. The summed E-state index contributed by atoms with van der Waals surface area (Å²) in [6.07, 6.45) is 27.1. The van der Waals surface area contributed by atoms with Gasteiger partial charge in [0.1, 0.15) is 0 Å². The smallest absolute Gasteiger partial charge is 0.303 e. The van der Waals surface area contributed by atoms with Gasteiger partial charge in [-0.1, -0.05) is 96.5 Å². The van der Waals surface area contributed by atoms with Crippen LogP contribution in [-0.2, 0) is 4.79 Å². The Balaban J connectivity index is 3.06. The molecule has 0 aliphatic carbocycles. The Labute approximate surface area is 163 Å². The van der Waals surface area contributed by atoms with Crippen molar-refractivity contribution in [1.82, 2.24) is 5.32 Å². The van der Waals surface area contributed by atoms with E-state index in [0.717, 1.165) is 25.8 Å². The average Bonchev–Trinajstić information content (AvgIpc) is 2.62. The van der Waals surface area contributed by atoms with E-state index in [1.165, 1.54) is 89.9 Å². The molecule has 0 heterocycles. The molecular weight excluding hydrogens is 322 g/mol. The number of hydrogen-bond acceptors (Lipinski definition) is 2. The maximum Gasteiger partial charge on any atom is 0.303 e. The zero-order valence-corrected chi connectivity index (χ0v) is 17.4. The van der Waals surface area contributed by atoms with Gasteiger partial charge in [0.2, 0.25) is 0 Å². The van der Waals surface area contributed by atoms with Gasteiger partial charge in [-0.25, -0.2) is 0 Å². The van der Waals surface area contributed by atoms with Crippen LogP contribution in [-0.4, -0.2) is 17.6 Å². The second-order valence-corrected chi connectivity index (χ2v) is 7.59. The summed E-state index contributed by atoms with van der Waals surface area (Å²) in [5, 5.41) is 11.8. The molecule has 0 radical (unpaired) electrons. The lowest BCUT2D eigenvalue weighted by molar-refractivity contribution is -0.137. The van der Waals surface area contributed by atoms with Crippen LogP contribution in [0.2, 0.25) is 0 Å². The van der Waals surface area contributed by atoms with Gasteiger partial charge in [-0.15, -0.1) is 0 Å². The van der Waals surface area contributed by atoms with Crippen LogP contribution >= 0.6 is 0 Å². The highest BCUT2D eigenvalue weighted by Crippen LogP contribution is 2.13. The van der Waals surface area contributed by atoms with Crippen molar-refractivity contribution in [2.45, 2.75) is 122 Å². The Morgan fingerprint density at radius 2 is 1.23 bits per heavy atom. The highest BCUT2D eigenvalue weighted by Gasteiger charge is 1.95. The number of carboxylic acids is 1. The Morgan fingerprint density at radius 1 is 0.731 bits per heavy atom. The second kappa shape index (κ2) is 22.1. The van der Waals surface area contributed by atoms with Crippen LogP contribution in [0.4, 0.5) is 0 Å². The fourth-order valence-corrected chi connectivity index (χ4v) is 3.21. The van der Waals surface area contributed by atoms with Gasteiger partial charge in [0.05, 0.1) is 0 Å². The molecule has 0 atom stereocenters. The molecule has 0 rings (SSSR count). The Kier molecular flexibility index (Phi) is 21.2. The van der Waals surface area contributed by atoms with Gasteiger partial charge in [0, 0.05) is 13.0 Å². The summed E-state index contributed by atoms with van der Waals surface area (Å²) in [7, 11) is 0. The largest absolute Gasteiger partial charge is 0.481 e. The van der Waals surface area contributed by atoms with E-state index in [0.29, 0.717) is 0 Å². The molecule has 0 fully saturated rings. The summed E-state index contributed by atoms with van der Waals surface area (Å²) in [5.74, 6) is -0.696. The molecule has 0 aliphatic heterocycles. The van der Waals surface area contributed by atoms with Crippen molar-refractivity contribution >= 4 is 5.97 Å². The molecule has 0 bridgehead atoms. The lowest BCUT2D eigenvalue weighted by Gasteiger charge is -2.03. The van der Waals surface area contributed by atoms with E-state index in [1.807, 2.05) is 6.20 Å². The first-order chi connectivity index (χ1) is 12.8. The molecule has 154 valence electrons. The first-order valence-electron chi connectivity index (χ1n) is 11.4. The van der Waals surface area contributed by atoms with E-state index in [1.54, 1.807) is 0 Å². The molecule has 0 aromatic carbocycles. The van der Waals surface area contributed by atoms with E-state index < -0.39 is 5.97 Å². The van der Waals surface area contributed by atoms with Gasteiger partial charge in [-0.3, -0.25) is 4.79 Å². The molecule has 0 aliphatic rings. The molecule has 2 N–H and O–H groups in total. The number of allylic oxidation sites excluding steroid dienone is 1. The maximum atomic E-state index is 10.4. The van der Waals surface area contributed by atoms with Crippen LogP contribution in [0.3, 0.4) is 0 Å². The van der Waals surface area contributed by atoms with Gasteiger partial charge in [-0.2, -0.15) is 0 Å². The van der Waals surface area contributed by atoms with Crippen LogP contribution in [0.25, 0.3) is 0 Å². The molecule has 3 nitrogen and oxygen atoms in total. The zero-order valence-electron chi connectivity index (χ0n) is 17.4. The number of carboxylic acid groups (broad SMARTS) is 1. The fourth-order valence-electron chi connectivity index (χ4n) is 3.21. The third kappa shape index (κ3) is 23.0. The van der Waals surface area contributed by atoms with Crippen LogP contribution in [0, 0.1) is 0 Å². The van der Waals surface area contributed by atoms with E-state index in [4.69, 9.17) is 5.11 Å². The Morgan fingerprint density at radius 3 is 1.73 bits per heavy atom.